The van der Waals surface area contributed by atoms with Crippen LogP contribution in [0.4, 0.5) is 11.5 Å². The average molecular weight is 401 g/mol. The SMILES string of the molecule is Cc1cc(C)n(C2CCN(c3ccc(-c4cn(C)c5ncnc(N)c45)cc3)C2=O)n1. The van der Waals surface area contributed by atoms with Crippen LogP contribution in [-0.4, -0.2) is 36.8 Å². The molecule has 30 heavy (non-hydrogen) atoms. The van der Waals surface area contributed by atoms with Gasteiger partial charge in [0.05, 0.1) is 11.1 Å². The number of nitrogen functional groups attached to an aromatic ring is 1. The molecule has 4 heterocycles. The standard InChI is InChI=1S/C22H23N7O/c1-13-10-14(2)29(26-13)18-8-9-28(22(18)30)16-6-4-15(5-7-16)17-11-27(3)21-19(17)20(23)24-12-25-21/h4-7,10-12,18H,8-9H2,1-3H3,(H2,23,24,25). The van der Waals surface area contributed by atoms with E-state index in [-0.39, 0.29) is 11.9 Å². The third-order valence-corrected chi connectivity index (χ3v) is 5.79. The number of anilines is 2. The summed E-state index contributed by atoms with van der Waals surface area (Å²) in [6.07, 6.45) is 4.23. The molecule has 0 bridgehead atoms. The topological polar surface area (TPSA) is 94.9 Å². The van der Waals surface area contributed by atoms with Gasteiger partial charge in [-0.05, 0) is 44.0 Å². The van der Waals surface area contributed by atoms with E-state index >= 15 is 0 Å². The van der Waals surface area contributed by atoms with Crippen LogP contribution in [0.5, 0.6) is 0 Å². The van der Waals surface area contributed by atoms with Gasteiger partial charge >= 0.3 is 0 Å². The molecule has 1 fully saturated rings. The lowest BCUT2D eigenvalue weighted by Gasteiger charge is -2.18. The van der Waals surface area contributed by atoms with Gasteiger partial charge in [0.1, 0.15) is 23.8 Å². The molecule has 0 spiro atoms. The minimum absolute atomic E-state index is 0.0803. The lowest BCUT2D eigenvalue weighted by molar-refractivity contribution is -0.120. The smallest absolute Gasteiger partial charge is 0.251 e. The zero-order chi connectivity index (χ0) is 21.0. The van der Waals surface area contributed by atoms with Crippen molar-refractivity contribution < 1.29 is 4.79 Å². The zero-order valence-electron chi connectivity index (χ0n) is 17.2. The summed E-state index contributed by atoms with van der Waals surface area (Å²) in [4.78, 5) is 23.4. The van der Waals surface area contributed by atoms with Crippen LogP contribution >= 0.6 is 0 Å². The summed E-state index contributed by atoms with van der Waals surface area (Å²) >= 11 is 0. The molecule has 8 nitrogen and oxygen atoms in total. The molecule has 5 rings (SSSR count). The molecular formula is C22H23N7O. The van der Waals surface area contributed by atoms with Crippen molar-refractivity contribution in [2.45, 2.75) is 26.3 Å². The first kappa shape index (κ1) is 18.4. The number of carbonyl (C=O) groups is 1. The summed E-state index contributed by atoms with van der Waals surface area (Å²) in [6, 6.07) is 9.75. The molecule has 3 aromatic heterocycles. The number of nitrogens with zero attached hydrogens (tertiary/aromatic N) is 6. The number of rotatable bonds is 3. The van der Waals surface area contributed by atoms with Crippen molar-refractivity contribution in [1.29, 1.82) is 0 Å². The first-order valence-electron chi connectivity index (χ1n) is 9.94. The van der Waals surface area contributed by atoms with E-state index < -0.39 is 0 Å². The maximum Gasteiger partial charge on any atom is 0.251 e. The van der Waals surface area contributed by atoms with Gasteiger partial charge in [-0.1, -0.05) is 12.1 Å². The summed E-state index contributed by atoms with van der Waals surface area (Å²) in [5.74, 6) is 0.541. The Labute approximate surface area is 174 Å². The second-order valence-corrected chi connectivity index (χ2v) is 7.82. The highest BCUT2D eigenvalue weighted by Gasteiger charge is 2.35. The van der Waals surface area contributed by atoms with Crippen molar-refractivity contribution in [3.8, 4) is 11.1 Å². The van der Waals surface area contributed by atoms with Gasteiger partial charge in [0.25, 0.3) is 5.91 Å². The molecule has 4 aromatic rings. The number of carbonyl (C=O) groups excluding carboxylic acids is 1. The Kier molecular flexibility index (Phi) is 4.09. The molecule has 1 atom stereocenters. The van der Waals surface area contributed by atoms with E-state index in [0.717, 1.165) is 45.7 Å². The quantitative estimate of drug-likeness (QED) is 0.569. The third-order valence-electron chi connectivity index (χ3n) is 5.79. The number of aryl methyl sites for hydroxylation is 3. The summed E-state index contributed by atoms with van der Waals surface area (Å²) in [5, 5.41) is 5.35. The number of hydrogen-bond acceptors (Lipinski definition) is 5. The molecule has 2 N–H and O–H groups in total. The molecule has 8 heteroatoms. The van der Waals surface area contributed by atoms with Crippen LogP contribution in [0.2, 0.25) is 0 Å². The monoisotopic (exact) mass is 401 g/mol. The fraction of sp³-hybridized carbons (Fsp3) is 0.273. The zero-order valence-corrected chi connectivity index (χ0v) is 17.2. The van der Waals surface area contributed by atoms with Gasteiger partial charge in [-0.2, -0.15) is 5.10 Å². The summed E-state index contributed by atoms with van der Waals surface area (Å²) in [5.41, 5.74) is 11.7. The average Bonchev–Trinajstić information content (AvgIpc) is 3.38. The van der Waals surface area contributed by atoms with Crippen LogP contribution in [-0.2, 0) is 11.8 Å². The molecule has 1 aliphatic heterocycles. The first-order chi connectivity index (χ1) is 14.4. The number of nitrogens with two attached hydrogens (primary N) is 1. The van der Waals surface area contributed by atoms with Crippen LogP contribution < -0.4 is 10.6 Å². The Bertz CT molecular complexity index is 1270. The molecule has 0 aliphatic carbocycles. The predicted octanol–water partition coefficient (Wildman–Crippen LogP) is 3.01. The van der Waals surface area contributed by atoms with Gasteiger partial charge in [-0.25, -0.2) is 9.97 Å². The maximum atomic E-state index is 13.1. The number of hydrogen-bond donors (Lipinski definition) is 1. The second-order valence-electron chi connectivity index (χ2n) is 7.82. The molecule has 1 aliphatic rings. The summed E-state index contributed by atoms with van der Waals surface area (Å²) < 4.78 is 3.80. The van der Waals surface area contributed by atoms with Crippen molar-refractivity contribution in [2.75, 3.05) is 17.2 Å². The number of fused-ring (bicyclic) bond motifs is 1. The minimum Gasteiger partial charge on any atom is -0.383 e. The Morgan fingerprint density at radius 2 is 1.90 bits per heavy atom. The van der Waals surface area contributed by atoms with E-state index in [1.165, 1.54) is 6.33 Å². The Morgan fingerprint density at radius 1 is 1.13 bits per heavy atom. The van der Waals surface area contributed by atoms with E-state index in [4.69, 9.17) is 5.73 Å². The minimum atomic E-state index is -0.242. The highest BCUT2D eigenvalue weighted by atomic mass is 16.2. The highest BCUT2D eigenvalue weighted by Crippen LogP contribution is 2.34. The van der Waals surface area contributed by atoms with Crippen molar-refractivity contribution in [1.82, 2.24) is 24.3 Å². The fourth-order valence-electron chi connectivity index (χ4n) is 4.38. The van der Waals surface area contributed by atoms with Gasteiger partial charge in [0, 0.05) is 36.7 Å². The van der Waals surface area contributed by atoms with Crippen LogP contribution in [0.1, 0.15) is 23.9 Å². The molecule has 0 radical (unpaired) electrons. The molecular weight excluding hydrogens is 378 g/mol. The van der Waals surface area contributed by atoms with E-state index in [1.807, 2.05) is 71.6 Å². The van der Waals surface area contributed by atoms with Gasteiger partial charge in [0.2, 0.25) is 0 Å². The summed E-state index contributed by atoms with van der Waals surface area (Å²) in [7, 11) is 1.94. The van der Waals surface area contributed by atoms with Crippen LogP contribution in [0.15, 0.2) is 42.9 Å². The second kappa shape index (κ2) is 6.69. The maximum absolute atomic E-state index is 13.1. The largest absolute Gasteiger partial charge is 0.383 e. The molecule has 1 unspecified atom stereocenters. The third kappa shape index (κ3) is 2.75. The van der Waals surface area contributed by atoms with Gasteiger partial charge in [-0.3, -0.25) is 9.48 Å². The van der Waals surface area contributed by atoms with E-state index in [9.17, 15) is 4.79 Å². The number of benzene rings is 1. The number of aromatic nitrogens is 5. The van der Waals surface area contributed by atoms with Gasteiger partial charge in [-0.15, -0.1) is 0 Å². The molecule has 1 amide bonds. The first-order valence-corrected chi connectivity index (χ1v) is 9.94. The van der Waals surface area contributed by atoms with Crippen LogP contribution in [0.25, 0.3) is 22.2 Å². The highest BCUT2D eigenvalue weighted by molar-refractivity contribution is 6.01. The predicted molar refractivity (Wildman–Crippen MR) is 116 cm³/mol. The lowest BCUT2D eigenvalue weighted by Crippen LogP contribution is -2.28. The lowest BCUT2D eigenvalue weighted by atomic mass is 10.1. The van der Waals surface area contributed by atoms with E-state index in [0.29, 0.717) is 12.4 Å². The molecule has 1 saturated heterocycles. The summed E-state index contributed by atoms with van der Waals surface area (Å²) in [6.45, 7) is 4.62. The van der Waals surface area contributed by atoms with Crippen molar-refractivity contribution in [3.05, 3.63) is 54.2 Å². The van der Waals surface area contributed by atoms with E-state index in [1.54, 1.807) is 0 Å². The molecule has 0 saturated carbocycles. The normalized spacial score (nSPS) is 16.7. The Balaban J connectivity index is 1.45. The van der Waals surface area contributed by atoms with Gasteiger partial charge in [0.15, 0.2) is 0 Å². The van der Waals surface area contributed by atoms with Crippen molar-refractivity contribution in [3.63, 3.8) is 0 Å². The Hall–Kier alpha value is -3.68. The Morgan fingerprint density at radius 3 is 2.60 bits per heavy atom. The van der Waals surface area contributed by atoms with Crippen molar-refractivity contribution in [2.24, 2.45) is 7.05 Å². The van der Waals surface area contributed by atoms with Crippen LogP contribution in [0, 0.1) is 13.8 Å². The molecule has 1 aromatic carbocycles. The van der Waals surface area contributed by atoms with Crippen molar-refractivity contribution >= 4 is 28.4 Å². The van der Waals surface area contributed by atoms with Gasteiger partial charge < -0.3 is 15.2 Å². The fourth-order valence-corrected chi connectivity index (χ4v) is 4.38. The number of amides is 1. The van der Waals surface area contributed by atoms with Crippen LogP contribution in [0.3, 0.4) is 0 Å². The molecule has 152 valence electrons. The van der Waals surface area contributed by atoms with E-state index in [2.05, 4.69) is 15.1 Å².